The third kappa shape index (κ3) is 6.52. The summed E-state index contributed by atoms with van der Waals surface area (Å²) in [6.07, 6.45) is 1.69. The van der Waals surface area contributed by atoms with Crippen LogP contribution < -0.4 is 10.6 Å². The summed E-state index contributed by atoms with van der Waals surface area (Å²) in [5.74, 6) is 0.184. The fourth-order valence-electron chi connectivity index (χ4n) is 3.68. The molecule has 0 aliphatic carbocycles. The molecule has 8 heteroatoms. The summed E-state index contributed by atoms with van der Waals surface area (Å²) in [6, 6.07) is 27.6. The maximum atomic E-state index is 13.1. The van der Waals surface area contributed by atoms with Gasteiger partial charge in [0.1, 0.15) is 12.4 Å². The fourth-order valence-corrected chi connectivity index (χ4v) is 3.81. The second-order valence-electron chi connectivity index (χ2n) is 8.29. The van der Waals surface area contributed by atoms with E-state index in [1.807, 2.05) is 85.8 Å². The van der Waals surface area contributed by atoms with E-state index in [1.165, 1.54) is 4.90 Å². The Hall–Kier alpha value is -4.10. The van der Waals surface area contributed by atoms with Crippen molar-refractivity contribution in [3.8, 4) is 16.9 Å². The molecule has 7 nitrogen and oxygen atoms in total. The van der Waals surface area contributed by atoms with Crippen molar-refractivity contribution in [3.05, 3.63) is 96.0 Å². The third-order valence-electron chi connectivity index (χ3n) is 5.55. The molecule has 0 aliphatic rings. The van der Waals surface area contributed by atoms with Crippen LogP contribution in [0, 0.1) is 0 Å². The van der Waals surface area contributed by atoms with Crippen LogP contribution in [0.5, 0.6) is 0 Å². The second-order valence-corrected chi connectivity index (χ2v) is 8.72. The molecule has 4 rings (SSSR count). The maximum absolute atomic E-state index is 13.1. The molecule has 3 amide bonds. The van der Waals surface area contributed by atoms with Gasteiger partial charge in [-0.2, -0.15) is 5.10 Å². The molecule has 1 aromatic heterocycles. The Morgan fingerprint density at radius 3 is 2.25 bits per heavy atom. The summed E-state index contributed by atoms with van der Waals surface area (Å²) >= 11 is 6.07. The van der Waals surface area contributed by atoms with Crippen LogP contribution in [0.4, 0.5) is 16.3 Å². The SMILES string of the molecule is CCCCN(CC(=O)Nc1cc(-c2ccccc2)nn1-c1ccc(Cl)cc1)C(=O)Nc1ccccc1. The lowest BCUT2D eigenvalue weighted by Gasteiger charge is -2.22. The number of amides is 3. The van der Waals surface area contributed by atoms with Gasteiger partial charge in [-0.05, 0) is 42.8 Å². The molecule has 0 saturated heterocycles. The van der Waals surface area contributed by atoms with Crippen molar-refractivity contribution >= 4 is 35.0 Å². The lowest BCUT2D eigenvalue weighted by atomic mass is 10.1. The number of carbonyl (C=O) groups excluding carboxylic acids is 2. The first kappa shape index (κ1) is 25.0. The highest BCUT2D eigenvalue weighted by atomic mass is 35.5. The van der Waals surface area contributed by atoms with Crippen LogP contribution in [-0.2, 0) is 4.79 Å². The first-order valence-corrected chi connectivity index (χ1v) is 12.2. The molecule has 0 saturated carbocycles. The number of halogens is 1. The number of nitrogens with zero attached hydrogens (tertiary/aromatic N) is 3. The van der Waals surface area contributed by atoms with Crippen LogP contribution in [0.2, 0.25) is 5.02 Å². The summed E-state index contributed by atoms with van der Waals surface area (Å²) in [6.45, 7) is 2.42. The van der Waals surface area contributed by atoms with Crippen LogP contribution in [0.15, 0.2) is 91.0 Å². The van der Waals surface area contributed by atoms with Crippen LogP contribution >= 0.6 is 11.6 Å². The van der Waals surface area contributed by atoms with Gasteiger partial charge in [-0.25, -0.2) is 9.48 Å². The first-order valence-electron chi connectivity index (χ1n) is 11.9. The highest BCUT2D eigenvalue weighted by Crippen LogP contribution is 2.25. The van der Waals surface area contributed by atoms with Crippen molar-refractivity contribution in [2.24, 2.45) is 0 Å². The van der Waals surface area contributed by atoms with E-state index in [-0.39, 0.29) is 18.5 Å². The van der Waals surface area contributed by atoms with Gasteiger partial charge in [-0.3, -0.25) is 4.79 Å². The summed E-state index contributed by atoms with van der Waals surface area (Å²) < 4.78 is 1.66. The average molecular weight is 502 g/mol. The van der Waals surface area contributed by atoms with Crippen LogP contribution in [-0.4, -0.2) is 39.7 Å². The average Bonchev–Trinajstić information content (AvgIpc) is 3.31. The highest BCUT2D eigenvalue weighted by molar-refractivity contribution is 6.30. The zero-order chi connectivity index (χ0) is 25.3. The molecule has 0 fully saturated rings. The fraction of sp³-hybridized carbons (Fsp3) is 0.179. The summed E-state index contributed by atoms with van der Waals surface area (Å²) in [4.78, 5) is 27.6. The molecule has 1 heterocycles. The van der Waals surface area contributed by atoms with Gasteiger partial charge in [0.15, 0.2) is 0 Å². The molecule has 36 heavy (non-hydrogen) atoms. The van der Waals surface area contributed by atoms with Crippen molar-refractivity contribution in [3.63, 3.8) is 0 Å². The molecule has 0 spiro atoms. The molecule has 3 aromatic carbocycles. The molecule has 184 valence electrons. The third-order valence-corrected chi connectivity index (χ3v) is 5.80. The standard InChI is InChI=1S/C28H28ClN5O2/c1-2-3-18-33(28(36)30-23-12-8-5-9-13-23)20-27(35)31-26-19-25(21-10-6-4-7-11-21)32-34(26)24-16-14-22(29)15-17-24/h4-17,19H,2-3,18,20H2,1H3,(H,30,36)(H,31,35). The quantitative estimate of drug-likeness (QED) is 0.276. The molecule has 0 atom stereocenters. The second kappa shape index (κ2) is 12.0. The number of hydrogen-bond donors (Lipinski definition) is 2. The number of unbranched alkanes of at least 4 members (excludes halogenated alkanes) is 1. The van der Waals surface area contributed by atoms with Crippen molar-refractivity contribution in [1.29, 1.82) is 0 Å². The minimum Gasteiger partial charge on any atom is -0.315 e. The van der Waals surface area contributed by atoms with E-state index in [0.29, 0.717) is 28.8 Å². The first-order chi connectivity index (χ1) is 17.5. The van der Waals surface area contributed by atoms with Gasteiger partial charge in [-0.15, -0.1) is 0 Å². The van der Waals surface area contributed by atoms with E-state index >= 15 is 0 Å². The zero-order valence-corrected chi connectivity index (χ0v) is 20.8. The smallest absolute Gasteiger partial charge is 0.315 e. The Morgan fingerprint density at radius 1 is 0.917 bits per heavy atom. The van der Waals surface area contributed by atoms with Gasteiger partial charge >= 0.3 is 6.03 Å². The number of anilines is 2. The molecule has 0 unspecified atom stereocenters. The number of carbonyl (C=O) groups is 2. The number of nitrogens with one attached hydrogen (secondary N) is 2. The van der Waals surface area contributed by atoms with Gasteiger partial charge in [0.2, 0.25) is 5.91 Å². The van der Waals surface area contributed by atoms with Gasteiger partial charge < -0.3 is 15.5 Å². The molecular weight excluding hydrogens is 474 g/mol. The monoisotopic (exact) mass is 501 g/mol. The van der Waals surface area contributed by atoms with E-state index in [2.05, 4.69) is 10.6 Å². The predicted molar refractivity (Wildman–Crippen MR) is 145 cm³/mol. The molecule has 0 aliphatic heterocycles. The minimum atomic E-state index is -0.319. The molecule has 0 radical (unpaired) electrons. The van der Waals surface area contributed by atoms with E-state index < -0.39 is 0 Å². The van der Waals surface area contributed by atoms with Crippen LogP contribution in [0.25, 0.3) is 16.9 Å². The zero-order valence-electron chi connectivity index (χ0n) is 20.0. The Morgan fingerprint density at radius 2 is 1.58 bits per heavy atom. The van der Waals surface area contributed by atoms with Gasteiger partial charge in [0.05, 0.1) is 11.4 Å². The number of urea groups is 1. The number of benzene rings is 3. The predicted octanol–water partition coefficient (Wildman–Crippen LogP) is 6.47. The highest BCUT2D eigenvalue weighted by Gasteiger charge is 2.19. The topological polar surface area (TPSA) is 79.3 Å². The van der Waals surface area contributed by atoms with Crippen molar-refractivity contribution in [2.75, 3.05) is 23.7 Å². The van der Waals surface area contributed by atoms with Gasteiger partial charge in [0, 0.05) is 28.9 Å². The van der Waals surface area contributed by atoms with E-state index in [4.69, 9.17) is 16.7 Å². The minimum absolute atomic E-state index is 0.0921. The van der Waals surface area contributed by atoms with Crippen LogP contribution in [0.3, 0.4) is 0 Å². The number of para-hydroxylation sites is 1. The van der Waals surface area contributed by atoms with Crippen molar-refractivity contribution in [2.45, 2.75) is 19.8 Å². The Kier molecular flexibility index (Phi) is 8.36. The van der Waals surface area contributed by atoms with E-state index in [0.717, 1.165) is 24.1 Å². The lowest BCUT2D eigenvalue weighted by molar-refractivity contribution is -0.116. The van der Waals surface area contributed by atoms with Crippen molar-refractivity contribution < 1.29 is 9.59 Å². The van der Waals surface area contributed by atoms with Crippen LogP contribution in [0.1, 0.15) is 19.8 Å². The van der Waals surface area contributed by atoms with Gasteiger partial charge in [-0.1, -0.05) is 73.5 Å². The summed E-state index contributed by atoms with van der Waals surface area (Å²) in [7, 11) is 0. The summed E-state index contributed by atoms with van der Waals surface area (Å²) in [5, 5.41) is 11.1. The normalized spacial score (nSPS) is 10.6. The van der Waals surface area contributed by atoms with E-state index in [9.17, 15) is 9.59 Å². The largest absolute Gasteiger partial charge is 0.322 e. The number of aromatic nitrogens is 2. The lowest BCUT2D eigenvalue weighted by Crippen LogP contribution is -2.41. The van der Waals surface area contributed by atoms with Gasteiger partial charge in [0.25, 0.3) is 0 Å². The number of hydrogen-bond acceptors (Lipinski definition) is 3. The summed E-state index contributed by atoms with van der Waals surface area (Å²) in [5.41, 5.74) is 3.07. The Balaban J connectivity index is 1.55. The molecule has 4 aromatic rings. The maximum Gasteiger partial charge on any atom is 0.322 e. The molecular formula is C28H28ClN5O2. The van der Waals surface area contributed by atoms with Crippen molar-refractivity contribution in [1.82, 2.24) is 14.7 Å². The molecule has 2 N–H and O–H groups in total. The number of rotatable bonds is 9. The van der Waals surface area contributed by atoms with E-state index in [1.54, 1.807) is 16.8 Å². The Bertz CT molecular complexity index is 1290. The Labute approximate surface area is 215 Å². The molecule has 0 bridgehead atoms.